The molecular formula is C14H20N2O3. The highest BCUT2D eigenvalue weighted by atomic mass is 16.4. The van der Waals surface area contributed by atoms with Crippen LogP contribution < -0.4 is 5.56 Å². The number of carboxylic acids is 1. The predicted molar refractivity (Wildman–Crippen MR) is 72.5 cm³/mol. The Bertz CT molecular complexity index is 504. The minimum Gasteiger partial charge on any atom is -0.478 e. The van der Waals surface area contributed by atoms with Gasteiger partial charge in [-0.15, -0.1) is 0 Å². The van der Waals surface area contributed by atoms with Crippen LogP contribution in [0.3, 0.4) is 0 Å². The molecule has 1 aliphatic carbocycles. The third-order valence-corrected chi connectivity index (χ3v) is 3.87. The lowest BCUT2D eigenvalue weighted by Crippen LogP contribution is -2.34. The van der Waals surface area contributed by atoms with Crippen molar-refractivity contribution in [3.63, 3.8) is 0 Å². The van der Waals surface area contributed by atoms with Gasteiger partial charge in [-0.05, 0) is 26.0 Å². The molecule has 0 amide bonds. The molecule has 1 heterocycles. The molecule has 19 heavy (non-hydrogen) atoms. The smallest absolute Gasteiger partial charge is 0.337 e. The van der Waals surface area contributed by atoms with Gasteiger partial charge >= 0.3 is 5.97 Å². The van der Waals surface area contributed by atoms with E-state index in [0.717, 1.165) is 6.54 Å². The van der Waals surface area contributed by atoms with Crippen molar-refractivity contribution in [2.75, 3.05) is 13.6 Å². The Morgan fingerprint density at radius 1 is 1.42 bits per heavy atom. The van der Waals surface area contributed by atoms with Crippen LogP contribution in [0.5, 0.6) is 0 Å². The monoisotopic (exact) mass is 264 g/mol. The molecule has 0 radical (unpaired) electrons. The van der Waals surface area contributed by atoms with Gasteiger partial charge in [0.1, 0.15) is 0 Å². The maximum absolute atomic E-state index is 11.7. The van der Waals surface area contributed by atoms with Crippen LogP contribution in [0.2, 0.25) is 0 Å². The Balaban J connectivity index is 2.00. The van der Waals surface area contributed by atoms with Gasteiger partial charge < -0.3 is 14.6 Å². The van der Waals surface area contributed by atoms with E-state index in [1.807, 2.05) is 0 Å². The fraction of sp³-hybridized carbons (Fsp3) is 0.571. The van der Waals surface area contributed by atoms with Gasteiger partial charge in [0.2, 0.25) is 0 Å². The van der Waals surface area contributed by atoms with E-state index in [1.54, 1.807) is 0 Å². The summed E-state index contributed by atoms with van der Waals surface area (Å²) in [4.78, 5) is 24.8. The van der Waals surface area contributed by atoms with Crippen LogP contribution in [0.15, 0.2) is 23.1 Å². The maximum atomic E-state index is 11.7. The van der Waals surface area contributed by atoms with Crippen molar-refractivity contribution >= 4 is 5.97 Å². The maximum Gasteiger partial charge on any atom is 0.337 e. The van der Waals surface area contributed by atoms with Gasteiger partial charge in [-0.2, -0.15) is 0 Å². The highest BCUT2D eigenvalue weighted by Gasteiger charge is 2.19. The number of pyridine rings is 1. The minimum atomic E-state index is -1.00. The second-order valence-corrected chi connectivity index (χ2v) is 5.17. The molecule has 1 aliphatic rings. The topological polar surface area (TPSA) is 62.5 Å². The van der Waals surface area contributed by atoms with Crippen LogP contribution in [0.1, 0.15) is 36.0 Å². The summed E-state index contributed by atoms with van der Waals surface area (Å²) in [6, 6.07) is 3.28. The third-order valence-electron chi connectivity index (χ3n) is 3.87. The summed E-state index contributed by atoms with van der Waals surface area (Å²) in [7, 11) is 2.07. The summed E-state index contributed by atoms with van der Waals surface area (Å²) in [6.45, 7) is 1.31. The second kappa shape index (κ2) is 6.02. The van der Waals surface area contributed by atoms with E-state index in [0.29, 0.717) is 12.6 Å². The number of rotatable bonds is 5. The van der Waals surface area contributed by atoms with E-state index < -0.39 is 5.97 Å². The molecule has 0 unspecified atom stereocenters. The van der Waals surface area contributed by atoms with Gasteiger partial charge in [-0.25, -0.2) is 4.79 Å². The van der Waals surface area contributed by atoms with Gasteiger partial charge in [0.25, 0.3) is 5.56 Å². The first kappa shape index (κ1) is 13.8. The summed E-state index contributed by atoms with van der Waals surface area (Å²) < 4.78 is 1.48. The van der Waals surface area contributed by atoms with Crippen molar-refractivity contribution in [1.82, 2.24) is 9.47 Å². The number of carbonyl (C=O) groups is 1. The van der Waals surface area contributed by atoms with Crippen LogP contribution in [0.4, 0.5) is 0 Å². The summed E-state index contributed by atoms with van der Waals surface area (Å²) in [5, 5.41) is 8.92. The molecule has 104 valence electrons. The van der Waals surface area contributed by atoms with E-state index >= 15 is 0 Å². The van der Waals surface area contributed by atoms with Crippen LogP contribution >= 0.6 is 0 Å². The summed E-state index contributed by atoms with van der Waals surface area (Å²) in [5.74, 6) is -1.00. The Morgan fingerprint density at radius 3 is 2.74 bits per heavy atom. The third kappa shape index (κ3) is 3.44. The lowest BCUT2D eigenvalue weighted by atomic mass is 10.2. The molecule has 1 aromatic heterocycles. The van der Waals surface area contributed by atoms with Crippen LogP contribution in [0, 0.1) is 0 Å². The molecule has 1 saturated carbocycles. The zero-order chi connectivity index (χ0) is 13.8. The zero-order valence-electron chi connectivity index (χ0n) is 11.2. The highest BCUT2D eigenvalue weighted by Crippen LogP contribution is 2.22. The fourth-order valence-electron chi connectivity index (χ4n) is 2.63. The van der Waals surface area contributed by atoms with Crippen molar-refractivity contribution < 1.29 is 9.90 Å². The minimum absolute atomic E-state index is 0.148. The first-order valence-corrected chi connectivity index (χ1v) is 6.72. The highest BCUT2D eigenvalue weighted by molar-refractivity contribution is 5.87. The molecule has 5 heteroatoms. The van der Waals surface area contributed by atoms with Crippen molar-refractivity contribution in [2.24, 2.45) is 0 Å². The molecule has 2 rings (SSSR count). The van der Waals surface area contributed by atoms with E-state index in [9.17, 15) is 9.59 Å². The largest absolute Gasteiger partial charge is 0.478 e. The fourth-order valence-corrected chi connectivity index (χ4v) is 2.63. The van der Waals surface area contributed by atoms with Gasteiger partial charge in [0, 0.05) is 31.4 Å². The molecule has 0 saturated heterocycles. The van der Waals surface area contributed by atoms with Gasteiger partial charge in [-0.3, -0.25) is 4.79 Å². The van der Waals surface area contributed by atoms with E-state index in [2.05, 4.69) is 11.9 Å². The normalized spacial score (nSPS) is 16.1. The summed E-state index contributed by atoms with van der Waals surface area (Å²) in [5.41, 5.74) is 0.00735. The Morgan fingerprint density at radius 2 is 2.11 bits per heavy atom. The molecule has 1 fully saturated rings. The second-order valence-electron chi connectivity index (χ2n) is 5.17. The lowest BCUT2D eigenvalue weighted by Gasteiger charge is -2.24. The van der Waals surface area contributed by atoms with Crippen LogP contribution in [-0.4, -0.2) is 40.2 Å². The first-order valence-electron chi connectivity index (χ1n) is 6.72. The van der Waals surface area contributed by atoms with Crippen molar-refractivity contribution in [3.05, 3.63) is 34.2 Å². The number of carboxylic acid groups (broad SMARTS) is 1. The average molecular weight is 264 g/mol. The molecule has 0 atom stereocenters. The molecule has 0 aliphatic heterocycles. The van der Waals surface area contributed by atoms with Crippen molar-refractivity contribution in [2.45, 2.75) is 38.3 Å². The van der Waals surface area contributed by atoms with Gasteiger partial charge in [0.15, 0.2) is 0 Å². The Kier molecular flexibility index (Phi) is 4.37. The van der Waals surface area contributed by atoms with Crippen molar-refractivity contribution in [3.8, 4) is 0 Å². The van der Waals surface area contributed by atoms with Gasteiger partial charge in [0.05, 0.1) is 5.56 Å². The van der Waals surface area contributed by atoms with E-state index in [1.165, 1.54) is 48.6 Å². The quantitative estimate of drug-likeness (QED) is 0.873. The van der Waals surface area contributed by atoms with Crippen LogP contribution in [-0.2, 0) is 6.54 Å². The molecule has 0 spiro atoms. The SMILES string of the molecule is CN(CCn1cc(C(=O)O)ccc1=O)C1CCCC1. The number of aromatic nitrogens is 1. The van der Waals surface area contributed by atoms with Crippen molar-refractivity contribution in [1.29, 1.82) is 0 Å². The summed E-state index contributed by atoms with van der Waals surface area (Å²) in [6.07, 6.45) is 6.43. The first-order chi connectivity index (χ1) is 9.08. The number of likely N-dealkylation sites (N-methyl/N-ethyl adjacent to an activating group) is 1. The standard InChI is InChI=1S/C14H20N2O3/c1-15(12-4-2-3-5-12)8-9-16-10-11(14(18)19)6-7-13(16)17/h6-7,10,12H,2-5,8-9H2,1H3,(H,18,19). The molecule has 0 bridgehead atoms. The number of nitrogens with zero attached hydrogens (tertiary/aromatic N) is 2. The van der Waals surface area contributed by atoms with Gasteiger partial charge in [-0.1, -0.05) is 12.8 Å². The predicted octanol–water partition coefficient (Wildman–Crippen LogP) is 1.42. The number of aromatic carboxylic acids is 1. The molecular weight excluding hydrogens is 244 g/mol. The number of hydrogen-bond donors (Lipinski definition) is 1. The molecule has 0 aromatic carbocycles. The van der Waals surface area contributed by atoms with E-state index in [4.69, 9.17) is 5.11 Å². The number of hydrogen-bond acceptors (Lipinski definition) is 3. The Hall–Kier alpha value is -1.62. The average Bonchev–Trinajstić information content (AvgIpc) is 2.91. The van der Waals surface area contributed by atoms with E-state index in [-0.39, 0.29) is 11.1 Å². The zero-order valence-corrected chi connectivity index (χ0v) is 11.2. The molecule has 5 nitrogen and oxygen atoms in total. The van der Waals surface area contributed by atoms with Crippen LogP contribution in [0.25, 0.3) is 0 Å². The lowest BCUT2D eigenvalue weighted by molar-refractivity contribution is 0.0695. The summed E-state index contributed by atoms with van der Waals surface area (Å²) >= 11 is 0. The Labute approximate surface area is 112 Å². The molecule has 1 aromatic rings. The molecule has 1 N–H and O–H groups in total.